The Morgan fingerprint density at radius 3 is 1.55 bits per heavy atom. The summed E-state index contributed by atoms with van der Waals surface area (Å²) < 4.78 is 15.1. The molecule has 0 N–H and O–H groups in total. The highest BCUT2D eigenvalue weighted by molar-refractivity contribution is 7.85. The molecule has 0 amide bonds. The van der Waals surface area contributed by atoms with Crippen molar-refractivity contribution in [3.63, 3.8) is 0 Å². The van der Waals surface area contributed by atoms with Crippen LogP contribution in [0.2, 0.25) is 0 Å². The summed E-state index contributed by atoms with van der Waals surface area (Å²) in [7, 11) is -3.09. The summed E-state index contributed by atoms with van der Waals surface area (Å²) in [5.41, 5.74) is 3.47. The maximum atomic E-state index is 15.1. The van der Waals surface area contributed by atoms with Crippen LogP contribution in [0.1, 0.15) is 5.56 Å². The first-order valence-electron chi connectivity index (χ1n) is 10.5. The van der Waals surface area contributed by atoms with Gasteiger partial charge in [0.1, 0.15) is 0 Å². The monoisotopic (exact) mass is 418 g/mol. The van der Waals surface area contributed by atoms with Gasteiger partial charge in [0.05, 0.1) is 0 Å². The Morgan fingerprint density at radius 1 is 0.548 bits per heavy atom. The van der Waals surface area contributed by atoms with Gasteiger partial charge in [-0.2, -0.15) is 0 Å². The number of hydrogen-bond acceptors (Lipinski definition) is 1. The Labute approximate surface area is 183 Å². The molecule has 5 aromatic carbocycles. The zero-order valence-corrected chi connectivity index (χ0v) is 18.3. The minimum Gasteiger partial charge on any atom is -0.309 e. The molecule has 2 heteroatoms. The van der Waals surface area contributed by atoms with Crippen molar-refractivity contribution in [2.24, 2.45) is 0 Å². The molecule has 0 saturated carbocycles. The number of aryl methyl sites for hydroxylation is 1. The summed E-state index contributed by atoms with van der Waals surface area (Å²) in [6.45, 7) is 2.16. The van der Waals surface area contributed by atoms with Crippen LogP contribution in [0.15, 0.2) is 121 Å². The Bertz CT molecular complexity index is 1350. The third-order valence-electron chi connectivity index (χ3n) is 5.96. The zero-order chi connectivity index (χ0) is 21.3. The van der Waals surface area contributed by atoms with E-state index in [-0.39, 0.29) is 0 Å². The molecule has 0 aliphatic rings. The molecule has 0 aromatic heterocycles. The highest BCUT2D eigenvalue weighted by Gasteiger charge is 2.32. The van der Waals surface area contributed by atoms with Crippen molar-refractivity contribution in [2.45, 2.75) is 6.92 Å². The standard InChI is InChI=1S/C29H23OP/c1-22-26-19-11-12-20-27(26)29(21-28(22)23-13-5-2-6-14-23)31(30,24-15-7-3-8-16-24)25-17-9-4-10-18-25/h2-21H,1H3. The van der Waals surface area contributed by atoms with E-state index in [0.717, 1.165) is 37.8 Å². The summed E-state index contributed by atoms with van der Waals surface area (Å²) in [5.74, 6) is 0. The van der Waals surface area contributed by atoms with Crippen molar-refractivity contribution in [3.05, 3.63) is 127 Å². The lowest BCUT2D eigenvalue weighted by Crippen LogP contribution is -2.26. The van der Waals surface area contributed by atoms with Crippen LogP contribution in [0, 0.1) is 6.92 Å². The van der Waals surface area contributed by atoms with Crippen LogP contribution in [0.25, 0.3) is 21.9 Å². The summed E-state index contributed by atoms with van der Waals surface area (Å²) in [6.07, 6.45) is 0. The molecule has 150 valence electrons. The van der Waals surface area contributed by atoms with E-state index < -0.39 is 7.14 Å². The second-order valence-corrected chi connectivity index (χ2v) is 10.5. The van der Waals surface area contributed by atoms with E-state index in [1.54, 1.807) is 0 Å². The predicted molar refractivity (Wildman–Crippen MR) is 134 cm³/mol. The molecule has 0 bridgehead atoms. The molecule has 0 saturated heterocycles. The van der Waals surface area contributed by atoms with Gasteiger partial charge in [0.25, 0.3) is 0 Å². The van der Waals surface area contributed by atoms with E-state index in [1.165, 1.54) is 5.56 Å². The van der Waals surface area contributed by atoms with Gasteiger partial charge in [-0.15, -0.1) is 0 Å². The third kappa shape index (κ3) is 3.32. The highest BCUT2D eigenvalue weighted by Crippen LogP contribution is 2.46. The molecule has 0 aliphatic carbocycles. The predicted octanol–water partition coefficient (Wildman–Crippen LogP) is 6.45. The highest BCUT2D eigenvalue weighted by atomic mass is 31.2. The molecule has 0 heterocycles. The molecule has 1 nitrogen and oxygen atoms in total. The summed E-state index contributed by atoms with van der Waals surface area (Å²) in [5, 5.41) is 4.80. The molecule has 5 rings (SSSR count). The van der Waals surface area contributed by atoms with Crippen LogP contribution in [-0.2, 0) is 4.57 Å². The van der Waals surface area contributed by atoms with E-state index in [2.05, 4.69) is 55.5 Å². The van der Waals surface area contributed by atoms with Crippen LogP contribution in [0.4, 0.5) is 0 Å². The molecule has 0 unspecified atom stereocenters. The van der Waals surface area contributed by atoms with Crippen LogP contribution in [-0.4, -0.2) is 0 Å². The lowest BCUT2D eigenvalue weighted by Gasteiger charge is -2.24. The van der Waals surface area contributed by atoms with Crippen molar-refractivity contribution in [1.82, 2.24) is 0 Å². The largest absolute Gasteiger partial charge is 0.309 e. The molecule has 0 spiro atoms. The number of fused-ring (bicyclic) bond motifs is 1. The summed E-state index contributed by atoms with van der Waals surface area (Å²) in [4.78, 5) is 0. The average molecular weight is 418 g/mol. The van der Waals surface area contributed by atoms with E-state index >= 15 is 4.57 Å². The Balaban J connectivity index is 1.92. The maximum absolute atomic E-state index is 15.1. The van der Waals surface area contributed by atoms with E-state index in [0.29, 0.717) is 0 Å². The fourth-order valence-electron chi connectivity index (χ4n) is 4.38. The van der Waals surface area contributed by atoms with Crippen molar-refractivity contribution in [2.75, 3.05) is 0 Å². The van der Waals surface area contributed by atoms with E-state index in [9.17, 15) is 0 Å². The molecule has 0 atom stereocenters. The molecule has 31 heavy (non-hydrogen) atoms. The molecule has 0 aliphatic heterocycles. The van der Waals surface area contributed by atoms with Crippen molar-refractivity contribution >= 4 is 33.8 Å². The van der Waals surface area contributed by atoms with E-state index in [1.807, 2.05) is 72.8 Å². The first-order chi connectivity index (χ1) is 15.2. The minimum atomic E-state index is -3.09. The minimum absolute atomic E-state index is 0.856. The van der Waals surface area contributed by atoms with Gasteiger partial charge in [0.15, 0.2) is 7.14 Å². The van der Waals surface area contributed by atoms with Gasteiger partial charge < -0.3 is 4.57 Å². The molecule has 5 aromatic rings. The Kier molecular flexibility index (Phi) is 5.06. The van der Waals surface area contributed by atoms with Gasteiger partial charge >= 0.3 is 0 Å². The molecule has 0 radical (unpaired) electrons. The second kappa shape index (κ2) is 8.02. The van der Waals surface area contributed by atoms with Gasteiger partial charge in [0, 0.05) is 15.9 Å². The van der Waals surface area contributed by atoms with Crippen LogP contribution < -0.4 is 15.9 Å². The summed E-state index contributed by atoms with van der Waals surface area (Å²) in [6, 6.07) is 40.7. The number of rotatable bonds is 4. The van der Waals surface area contributed by atoms with E-state index in [4.69, 9.17) is 0 Å². The average Bonchev–Trinajstić information content (AvgIpc) is 2.85. The Morgan fingerprint density at radius 2 is 1.00 bits per heavy atom. The number of benzene rings is 5. The lowest BCUT2D eigenvalue weighted by atomic mass is 9.95. The lowest BCUT2D eigenvalue weighted by molar-refractivity contribution is 0.592. The van der Waals surface area contributed by atoms with Crippen molar-refractivity contribution < 1.29 is 4.57 Å². The molecular weight excluding hydrogens is 395 g/mol. The third-order valence-corrected chi connectivity index (χ3v) is 9.05. The van der Waals surface area contributed by atoms with Gasteiger partial charge in [-0.3, -0.25) is 0 Å². The topological polar surface area (TPSA) is 17.1 Å². The SMILES string of the molecule is Cc1c(-c2ccccc2)cc(P(=O)(c2ccccc2)c2ccccc2)c2ccccc12. The maximum Gasteiger partial charge on any atom is 0.171 e. The quantitative estimate of drug-likeness (QED) is 0.306. The first-order valence-corrected chi connectivity index (χ1v) is 12.2. The smallest absolute Gasteiger partial charge is 0.171 e. The number of hydrogen-bond donors (Lipinski definition) is 0. The van der Waals surface area contributed by atoms with Crippen molar-refractivity contribution in [3.8, 4) is 11.1 Å². The van der Waals surface area contributed by atoms with Gasteiger partial charge in [-0.05, 0) is 40.5 Å². The van der Waals surface area contributed by atoms with Gasteiger partial charge in [0.2, 0.25) is 0 Å². The van der Waals surface area contributed by atoms with Crippen LogP contribution in [0.5, 0.6) is 0 Å². The molecule has 0 fully saturated rings. The van der Waals surface area contributed by atoms with Crippen molar-refractivity contribution in [1.29, 1.82) is 0 Å². The zero-order valence-electron chi connectivity index (χ0n) is 17.4. The first kappa shape index (κ1) is 19.5. The van der Waals surface area contributed by atoms with Gasteiger partial charge in [-0.1, -0.05) is 115 Å². The molecular formula is C29H23OP. The fourth-order valence-corrected chi connectivity index (χ4v) is 7.27. The Hall–Kier alpha value is -3.41. The van der Waals surface area contributed by atoms with Crippen LogP contribution in [0.3, 0.4) is 0 Å². The second-order valence-electron chi connectivity index (χ2n) is 7.76. The van der Waals surface area contributed by atoms with Crippen LogP contribution >= 0.6 is 7.14 Å². The summed E-state index contributed by atoms with van der Waals surface area (Å²) >= 11 is 0. The normalized spacial score (nSPS) is 11.5. The fraction of sp³-hybridized carbons (Fsp3) is 0.0345. The van der Waals surface area contributed by atoms with Gasteiger partial charge in [-0.25, -0.2) is 0 Å².